The molecule has 120 valence electrons. The van der Waals surface area contributed by atoms with E-state index in [2.05, 4.69) is 10.6 Å². The molecule has 6 heteroatoms. The second-order valence-corrected chi connectivity index (χ2v) is 4.66. The second-order valence-electron chi connectivity index (χ2n) is 4.66. The lowest BCUT2D eigenvalue weighted by Crippen LogP contribution is -2.33. The van der Waals surface area contributed by atoms with Crippen molar-refractivity contribution in [1.82, 2.24) is 10.6 Å². The average molecular weight is 317 g/mol. The summed E-state index contributed by atoms with van der Waals surface area (Å²) < 4.78 is 10.4. The number of amides is 1. The number of carbonyl (C=O) groups excluding carboxylic acids is 1. The van der Waals surface area contributed by atoms with Crippen LogP contribution in [-0.4, -0.2) is 39.8 Å². The van der Waals surface area contributed by atoms with Crippen LogP contribution >= 0.6 is 12.4 Å². The molecule has 0 aromatic heterocycles. The molecule has 0 radical (unpaired) electrons. The number of nitrogens with one attached hydrogen (secondary N) is 2. The summed E-state index contributed by atoms with van der Waals surface area (Å²) in [6.45, 7) is 4.22. The predicted molar refractivity (Wildman–Crippen MR) is 86.0 cm³/mol. The van der Waals surface area contributed by atoms with E-state index in [-0.39, 0.29) is 24.2 Å². The van der Waals surface area contributed by atoms with Gasteiger partial charge in [-0.3, -0.25) is 4.79 Å². The van der Waals surface area contributed by atoms with Crippen molar-refractivity contribution in [2.75, 3.05) is 33.9 Å². The Balaban J connectivity index is 0.00000400. The fraction of sp³-hybridized carbons (Fsp3) is 0.533. The first kappa shape index (κ1) is 19.7. The quantitative estimate of drug-likeness (QED) is 0.680. The monoisotopic (exact) mass is 316 g/mol. The van der Waals surface area contributed by atoms with Crippen molar-refractivity contribution in [3.63, 3.8) is 0 Å². The lowest BCUT2D eigenvalue weighted by molar-refractivity contribution is -0.124. The van der Waals surface area contributed by atoms with Gasteiger partial charge in [0.1, 0.15) is 12.4 Å². The first-order chi connectivity index (χ1) is 9.67. The van der Waals surface area contributed by atoms with Crippen LogP contribution in [0.25, 0.3) is 0 Å². The Hall–Kier alpha value is -1.30. The molecule has 1 amide bonds. The van der Waals surface area contributed by atoms with E-state index in [9.17, 15) is 4.79 Å². The molecule has 0 fully saturated rings. The van der Waals surface area contributed by atoms with Crippen molar-refractivity contribution in [3.8, 4) is 5.75 Å². The van der Waals surface area contributed by atoms with Gasteiger partial charge in [0.05, 0.1) is 6.61 Å². The Morgan fingerprint density at radius 3 is 2.48 bits per heavy atom. The van der Waals surface area contributed by atoms with Crippen molar-refractivity contribution in [3.05, 3.63) is 29.8 Å². The molecule has 0 saturated carbocycles. The van der Waals surface area contributed by atoms with Gasteiger partial charge in [-0.15, -0.1) is 12.4 Å². The van der Waals surface area contributed by atoms with Crippen molar-refractivity contribution in [2.24, 2.45) is 5.92 Å². The average Bonchev–Trinajstić information content (AvgIpc) is 2.46. The molecule has 0 saturated heterocycles. The number of halogens is 1. The van der Waals surface area contributed by atoms with E-state index in [0.717, 1.165) is 11.3 Å². The molecule has 0 heterocycles. The number of hydrogen-bond donors (Lipinski definition) is 2. The molecule has 1 aromatic carbocycles. The van der Waals surface area contributed by atoms with Gasteiger partial charge < -0.3 is 20.1 Å². The molecule has 1 unspecified atom stereocenters. The summed E-state index contributed by atoms with van der Waals surface area (Å²) in [6, 6.07) is 7.69. The Morgan fingerprint density at radius 2 is 1.90 bits per heavy atom. The second kappa shape index (κ2) is 11.4. The Kier molecular flexibility index (Phi) is 10.7. The fourth-order valence-corrected chi connectivity index (χ4v) is 1.71. The first-order valence-corrected chi connectivity index (χ1v) is 6.80. The highest BCUT2D eigenvalue weighted by molar-refractivity contribution is 5.85. The lowest BCUT2D eigenvalue weighted by atomic mass is 10.1. The molecule has 1 atom stereocenters. The van der Waals surface area contributed by atoms with Crippen LogP contribution in [0, 0.1) is 5.92 Å². The molecule has 0 bridgehead atoms. The SMILES string of the molecule is CNCC(C)C(=O)NCc1ccc(OCCOC)cc1.Cl. The maximum Gasteiger partial charge on any atom is 0.224 e. The van der Waals surface area contributed by atoms with Gasteiger partial charge >= 0.3 is 0 Å². The first-order valence-electron chi connectivity index (χ1n) is 6.80. The van der Waals surface area contributed by atoms with Crippen LogP contribution < -0.4 is 15.4 Å². The molecular formula is C15H25ClN2O3. The Bertz CT molecular complexity index is 398. The molecule has 0 aliphatic heterocycles. The normalized spacial score (nSPS) is 11.4. The summed E-state index contributed by atoms with van der Waals surface area (Å²) in [7, 11) is 3.48. The third-order valence-electron chi connectivity index (χ3n) is 2.90. The van der Waals surface area contributed by atoms with Crippen LogP contribution in [0.1, 0.15) is 12.5 Å². The summed E-state index contributed by atoms with van der Waals surface area (Å²) in [6.07, 6.45) is 0. The highest BCUT2D eigenvalue weighted by Crippen LogP contribution is 2.12. The van der Waals surface area contributed by atoms with Crippen LogP contribution in [0.15, 0.2) is 24.3 Å². The highest BCUT2D eigenvalue weighted by Gasteiger charge is 2.10. The van der Waals surface area contributed by atoms with E-state index in [1.165, 1.54) is 0 Å². The number of hydrogen-bond acceptors (Lipinski definition) is 4. The van der Waals surface area contributed by atoms with Gasteiger partial charge in [-0.1, -0.05) is 19.1 Å². The number of methoxy groups -OCH3 is 1. The van der Waals surface area contributed by atoms with Gasteiger partial charge in [-0.25, -0.2) is 0 Å². The number of rotatable bonds is 9. The minimum absolute atomic E-state index is 0. The summed E-state index contributed by atoms with van der Waals surface area (Å²) in [5.74, 6) is 0.831. The van der Waals surface area contributed by atoms with Crippen molar-refractivity contribution < 1.29 is 14.3 Å². The van der Waals surface area contributed by atoms with Crippen LogP contribution in [0.5, 0.6) is 5.75 Å². The topological polar surface area (TPSA) is 59.6 Å². The largest absolute Gasteiger partial charge is 0.491 e. The van der Waals surface area contributed by atoms with Crippen LogP contribution in [0.2, 0.25) is 0 Å². The molecule has 5 nitrogen and oxygen atoms in total. The van der Waals surface area contributed by atoms with E-state index in [1.54, 1.807) is 7.11 Å². The highest BCUT2D eigenvalue weighted by atomic mass is 35.5. The molecule has 21 heavy (non-hydrogen) atoms. The van der Waals surface area contributed by atoms with Gasteiger partial charge in [-0.2, -0.15) is 0 Å². The van der Waals surface area contributed by atoms with Crippen molar-refractivity contribution in [2.45, 2.75) is 13.5 Å². The van der Waals surface area contributed by atoms with Gasteiger partial charge in [0.25, 0.3) is 0 Å². The van der Waals surface area contributed by atoms with Crippen LogP contribution in [0.3, 0.4) is 0 Å². The van der Waals surface area contributed by atoms with Gasteiger partial charge in [0.2, 0.25) is 5.91 Å². The van der Waals surface area contributed by atoms with E-state index in [0.29, 0.717) is 26.3 Å². The summed E-state index contributed by atoms with van der Waals surface area (Å²) >= 11 is 0. The summed E-state index contributed by atoms with van der Waals surface area (Å²) in [4.78, 5) is 11.8. The third-order valence-corrected chi connectivity index (χ3v) is 2.90. The van der Waals surface area contributed by atoms with Crippen LogP contribution in [0.4, 0.5) is 0 Å². The summed E-state index contributed by atoms with van der Waals surface area (Å²) in [5, 5.41) is 5.91. The van der Waals surface area contributed by atoms with Crippen LogP contribution in [-0.2, 0) is 16.1 Å². The number of benzene rings is 1. The molecular weight excluding hydrogens is 292 g/mol. The molecule has 1 rings (SSSR count). The van der Waals surface area contributed by atoms with E-state index >= 15 is 0 Å². The summed E-state index contributed by atoms with van der Waals surface area (Å²) in [5.41, 5.74) is 1.05. The molecule has 0 aliphatic rings. The maximum absolute atomic E-state index is 11.8. The van der Waals surface area contributed by atoms with E-state index in [1.807, 2.05) is 38.2 Å². The standard InChI is InChI=1S/C15H24N2O3.ClH/c1-12(10-16-2)15(18)17-11-13-4-6-14(7-5-13)20-9-8-19-3;/h4-7,12,16H,8-11H2,1-3H3,(H,17,18);1H. The number of carbonyl (C=O) groups is 1. The Morgan fingerprint density at radius 1 is 1.24 bits per heavy atom. The lowest BCUT2D eigenvalue weighted by Gasteiger charge is -2.12. The third kappa shape index (κ3) is 7.90. The van der Waals surface area contributed by atoms with E-state index in [4.69, 9.17) is 9.47 Å². The molecule has 1 aromatic rings. The zero-order chi connectivity index (χ0) is 14.8. The number of ether oxygens (including phenoxy) is 2. The minimum atomic E-state index is -0.0309. The van der Waals surface area contributed by atoms with Gasteiger partial charge in [0, 0.05) is 26.1 Å². The van der Waals surface area contributed by atoms with Gasteiger partial charge in [-0.05, 0) is 24.7 Å². The molecule has 2 N–H and O–H groups in total. The van der Waals surface area contributed by atoms with Crippen molar-refractivity contribution in [1.29, 1.82) is 0 Å². The zero-order valence-corrected chi connectivity index (χ0v) is 13.7. The smallest absolute Gasteiger partial charge is 0.224 e. The molecule has 0 spiro atoms. The zero-order valence-electron chi connectivity index (χ0n) is 12.8. The maximum atomic E-state index is 11.8. The van der Waals surface area contributed by atoms with Gasteiger partial charge in [0.15, 0.2) is 0 Å². The fourth-order valence-electron chi connectivity index (χ4n) is 1.71. The van der Waals surface area contributed by atoms with Crippen molar-refractivity contribution >= 4 is 18.3 Å². The van der Waals surface area contributed by atoms with E-state index < -0.39 is 0 Å². The predicted octanol–water partition coefficient (Wildman–Crippen LogP) is 1.61. The Labute approximate surface area is 132 Å². The minimum Gasteiger partial charge on any atom is -0.491 e. The molecule has 0 aliphatic carbocycles.